The van der Waals surface area contributed by atoms with E-state index in [-0.39, 0.29) is 43.3 Å². The van der Waals surface area contributed by atoms with Gasteiger partial charge in [0, 0.05) is 18.7 Å². The van der Waals surface area contributed by atoms with Crippen molar-refractivity contribution in [3.05, 3.63) is 30.1 Å². The zero-order chi connectivity index (χ0) is 15.0. The number of hydrogen-bond donors (Lipinski definition) is 2. The van der Waals surface area contributed by atoms with Gasteiger partial charge in [-0.05, 0) is 24.5 Å². The first-order valence-corrected chi connectivity index (χ1v) is 6.81. The first-order chi connectivity index (χ1) is 9.52. The molecule has 0 aliphatic carbocycles. The van der Waals surface area contributed by atoms with Crippen molar-refractivity contribution in [1.82, 2.24) is 5.32 Å². The monoisotopic (exact) mass is 283 g/mol. The highest BCUT2D eigenvalue weighted by Gasteiger charge is 2.15. The predicted octanol–water partition coefficient (Wildman–Crippen LogP) is 2.12. The summed E-state index contributed by atoms with van der Waals surface area (Å²) < 4.78 is 18.2. The van der Waals surface area contributed by atoms with E-state index in [4.69, 9.17) is 9.84 Å². The molecule has 5 heteroatoms. The van der Waals surface area contributed by atoms with Crippen LogP contribution in [-0.2, 0) is 4.79 Å². The standard InChI is InChI=1S/C15H22FNO3/c1-11(2)14(6-8-18)17-15(19)7-9-20-13-5-3-4-12(16)10-13/h3-5,10-11,14,18H,6-9H2,1-2H3,(H,17,19). The van der Waals surface area contributed by atoms with Gasteiger partial charge in [0.25, 0.3) is 0 Å². The molecule has 1 amide bonds. The van der Waals surface area contributed by atoms with Crippen molar-refractivity contribution in [1.29, 1.82) is 0 Å². The Kier molecular flexibility index (Phi) is 7.01. The second-order valence-electron chi connectivity index (χ2n) is 4.99. The molecule has 0 aliphatic rings. The van der Waals surface area contributed by atoms with Crippen LogP contribution >= 0.6 is 0 Å². The largest absolute Gasteiger partial charge is 0.493 e. The molecule has 0 bridgehead atoms. The summed E-state index contributed by atoms with van der Waals surface area (Å²) in [6, 6.07) is 5.77. The minimum Gasteiger partial charge on any atom is -0.493 e. The van der Waals surface area contributed by atoms with E-state index < -0.39 is 0 Å². The van der Waals surface area contributed by atoms with Crippen molar-refractivity contribution in [2.24, 2.45) is 5.92 Å². The Balaban J connectivity index is 2.32. The molecule has 0 aliphatic heterocycles. The maximum Gasteiger partial charge on any atom is 0.223 e. The van der Waals surface area contributed by atoms with Crippen LogP contribution in [0.4, 0.5) is 4.39 Å². The Hall–Kier alpha value is -1.62. The highest BCUT2D eigenvalue weighted by atomic mass is 19.1. The summed E-state index contributed by atoms with van der Waals surface area (Å²) in [6.07, 6.45) is 0.735. The van der Waals surface area contributed by atoms with Crippen LogP contribution in [0, 0.1) is 11.7 Å². The Bertz CT molecular complexity index is 423. The maximum absolute atomic E-state index is 12.9. The summed E-state index contributed by atoms with van der Waals surface area (Å²) in [5.41, 5.74) is 0. The van der Waals surface area contributed by atoms with Crippen LogP contribution in [0.25, 0.3) is 0 Å². The molecule has 20 heavy (non-hydrogen) atoms. The second kappa shape index (κ2) is 8.53. The van der Waals surface area contributed by atoms with E-state index in [0.29, 0.717) is 12.2 Å². The number of benzene rings is 1. The third kappa shape index (κ3) is 6.02. The first kappa shape index (κ1) is 16.4. The van der Waals surface area contributed by atoms with E-state index in [9.17, 15) is 9.18 Å². The fourth-order valence-corrected chi connectivity index (χ4v) is 1.81. The van der Waals surface area contributed by atoms with Gasteiger partial charge in [-0.3, -0.25) is 4.79 Å². The van der Waals surface area contributed by atoms with E-state index >= 15 is 0 Å². The maximum atomic E-state index is 12.9. The summed E-state index contributed by atoms with van der Waals surface area (Å²) in [7, 11) is 0. The summed E-state index contributed by atoms with van der Waals surface area (Å²) in [5, 5.41) is 11.8. The molecule has 1 unspecified atom stereocenters. The molecule has 1 atom stereocenters. The van der Waals surface area contributed by atoms with Gasteiger partial charge < -0.3 is 15.2 Å². The number of nitrogens with one attached hydrogen (secondary N) is 1. The van der Waals surface area contributed by atoms with E-state index in [1.165, 1.54) is 12.1 Å². The minimum absolute atomic E-state index is 0.0401. The van der Waals surface area contributed by atoms with Gasteiger partial charge in [-0.1, -0.05) is 19.9 Å². The van der Waals surface area contributed by atoms with Gasteiger partial charge in [0.2, 0.25) is 5.91 Å². The van der Waals surface area contributed by atoms with Crippen molar-refractivity contribution in [2.75, 3.05) is 13.2 Å². The van der Waals surface area contributed by atoms with E-state index in [1.54, 1.807) is 12.1 Å². The van der Waals surface area contributed by atoms with Crippen LogP contribution in [0.5, 0.6) is 5.75 Å². The summed E-state index contributed by atoms with van der Waals surface area (Å²) in [5.74, 6) is 0.173. The van der Waals surface area contributed by atoms with Crippen LogP contribution in [0.3, 0.4) is 0 Å². The van der Waals surface area contributed by atoms with Crippen molar-refractivity contribution < 1.29 is 19.0 Å². The molecule has 0 saturated heterocycles. The molecule has 0 radical (unpaired) electrons. The Morgan fingerprint density at radius 2 is 2.20 bits per heavy atom. The molecule has 1 aromatic rings. The molecular weight excluding hydrogens is 261 g/mol. The van der Waals surface area contributed by atoms with Crippen LogP contribution in [0.1, 0.15) is 26.7 Å². The Morgan fingerprint density at radius 1 is 1.45 bits per heavy atom. The number of amides is 1. The molecule has 0 aromatic heterocycles. The van der Waals surface area contributed by atoms with Gasteiger partial charge in [-0.15, -0.1) is 0 Å². The van der Waals surface area contributed by atoms with E-state index in [2.05, 4.69) is 5.32 Å². The molecule has 0 spiro atoms. The van der Waals surface area contributed by atoms with Gasteiger partial charge in [0.15, 0.2) is 0 Å². The summed E-state index contributed by atoms with van der Waals surface area (Å²) >= 11 is 0. The first-order valence-electron chi connectivity index (χ1n) is 6.81. The number of carbonyl (C=O) groups is 1. The predicted molar refractivity (Wildman–Crippen MR) is 75.0 cm³/mol. The molecular formula is C15H22FNO3. The highest BCUT2D eigenvalue weighted by molar-refractivity contribution is 5.76. The van der Waals surface area contributed by atoms with Crippen molar-refractivity contribution in [3.63, 3.8) is 0 Å². The average Bonchev–Trinajstić information content (AvgIpc) is 2.38. The van der Waals surface area contributed by atoms with Gasteiger partial charge in [0.05, 0.1) is 13.0 Å². The van der Waals surface area contributed by atoms with E-state index in [0.717, 1.165) is 0 Å². The zero-order valence-electron chi connectivity index (χ0n) is 11.9. The minimum atomic E-state index is -0.366. The fourth-order valence-electron chi connectivity index (χ4n) is 1.81. The van der Waals surface area contributed by atoms with Crippen LogP contribution in [0.15, 0.2) is 24.3 Å². The van der Waals surface area contributed by atoms with E-state index in [1.807, 2.05) is 13.8 Å². The smallest absolute Gasteiger partial charge is 0.223 e. The molecule has 0 fully saturated rings. The van der Waals surface area contributed by atoms with Crippen LogP contribution < -0.4 is 10.1 Å². The van der Waals surface area contributed by atoms with Crippen LogP contribution in [0.2, 0.25) is 0 Å². The summed E-state index contributed by atoms with van der Waals surface area (Å²) in [6.45, 7) is 4.22. The highest BCUT2D eigenvalue weighted by Crippen LogP contribution is 2.12. The molecule has 2 N–H and O–H groups in total. The fraction of sp³-hybridized carbons (Fsp3) is 0.533. The molecule has 1 rings (SSSR count). The quantitative estimate of drug-likeness (QED) is 0.768. The molecule has 0 heterocycles. The molecule has 0 saturated carbocycles. The van der Waals surface area contributed by atoms with Crippen molar-refractivity contribution >= 4 is 5.91 Å². The third-order valence-electron chi connectivity index (χ3n) is 2.99. The Morgan fingerprint density at radius 3 is 2.80 bits per heavy atom. The number of halogens is 1. The lowest BCUT2D eigenvalue weighted by molar-refractivity contribution is -0.122. The lowest BCUT2D eigenvalue weighted by Crippen LogP contribution is -2.39. The third-order valence-corrected chi connectivity index (χ3v) is 2.99. The zero-order valence-corrected chi connectivity index (χ0v) is 11.9. The lowest BCUT2D eigenvalue weighted by atomic mass is 10.0. The Labute approximate surface area is 119 Å². The number of ether oxygens (including phenoxy) is 1. The van der Waals surface area contributed by atoms with Crippen LogP contribution in [-0.4, -0.2) is 30.3 Å². The molecule has 112 valence electrons. The number of hydrogen-bond acceptors (Lipinski definition) is 3. The van der Waals surface area contributed by atoms with Crippen molar-refractivity contribution in [3.8, 4) is 5.75 Å². The summed E-state index contributed by atoms with van der Waals surface area (Å²) in [4.78, 5) is 11.7. The number of aliphatic hydroxyl groups excluding tert-OH is 1. The number of aliphatic hydroxyl groups is 1. The number of carbonyl (C=O) groups excluding carboxylic acids is 1. The number of rotatable bonds is 8. The normalized spacial score (nSPS) is 12.2. The van der Waals surface area contributed by atoms with Crippen molar-refractivity contribution in [2.45, 2.75) is 32.7 Å². The lowest BCUT2D eigenvalue weighted by Gasteiger charge is -2.21. The second-order valence-corrected chi connectivity index (χ2v) is 4.99. The average molecular weight is 283 g/mol. The van der Waals surface area contributed by atoms with Gasteiger partial charge in [-0.2, -0.15) is 0 Å². The van der Waals surface area contributed by atoms with Gasteiger partial charge in [0.1, 0.15) is 11.6 Å². The van der Waals surface area contributed by atoms with Gasteiger partial charge in [-0.25, -0.2) is 4.39 Å². The topological polar surface area (TPSA) is 58.6 Å². The van der Waals surface area contributed by atoms with Gasteiger partial charge >= 0.3 is 0 Å². The molecule has 1 aromatic carbocycles. The molecule has 4 nitrogen and oxygen atoms in total. The SMILES string of the molecule is CC(C)C(CCO)NC(=O)CCOc1cccc(F)c1.